The lowest BCUT2D eigenvalue weighted by molar-refractivity contribution is -0.136. The maximum Gasteiger partial charge on any atom is 0.262 e. The van der Waals surface area contributed by atoms with Crippen molar-refractivity contribution in [1.82, 2.24) is 15.1 Å². The second kappa shape index (κ2) is 7.75. The van der Waals surface area contributed by atoms with Gasteiger partial charge in [-0.05, 0) is 43.4 Å². The lowest BCUT2D eigenvalue weighted by atomic mass is 9.91. The van der Waals surface area contributed by atoms with E-state index in [4.69, 9.17) is 0 Å². The Labute approximate surface area is 181 Å². The van der Waals surface area contributed by atoms with Crippen LogP contribution in [0.15, 0.2) is 18.2 Å². The average Bonchev–Trinajstić information content (AvgIpc) is 2.98. The van der Waals surface area contributed by atoms with E-state index < -0.39 is 23.8 Å². The Morgan fingerprint density at radius 3 is 2.35 bits per heavy atom. The number of carbonyl (C=O) groups is 4. The number of likely N-dealkylation sites (tertiary alicyclic amines) is 1. The number of anilines is 1. The van der Waals surface area contributed by atoms with Crippen molar-refractivity contribution in [3.8, 4) is 0 Å². The zero-order chi connectivity index (χ0) is 21.7. The summed E-state index contributed by atoms with van der Waals surface area (Å²) < 4.78 is 0. The largest absolute Gasteiger partial charge is 0.371 e. The van der Waals surface area contributed by atoms with Crippen molar-refractivity contribution < 1.29 is 19.2 Å². The molecule has 0 radical (unpaired) electrons. The van der Waals surface area contributed by atoms with Crippen molar-refractivity contribution in [1.29, 1.82) is 0 Å². The van der Waals surface area contributed by atoms with E-state index in [9.17, 15) is 19.2 Å². The number of carbonyl (C=O) groups excluding carboxylic acids is 4. The molecule has 0 aliphatic carbocycles. The van der Waals surface area contributed by atoms with E-state index in [-0.39, 0.29) is 18.7 Å². The van der Waals surface area contributed by atoms with Gasteiger partial charge in [0.25, 0.3) is 11.8 Å². The van der Waals surface area contributed by atoms with Crippen LogP contribution in [0.4, 0.5) is 5.69 Å². The zero-order valence-electron chi connectivity index (χ0n) is 17.8. The van der Waals surface area contributed by atoms with Gasteiger partial charge in [-0.3, -0.25) is 34.3 Å². The summed E-state index contributed by atoms with van der Waals surface area (Å²) in [5.74, 6) is -0.998. The van der Waals surface area contributed by atoms with Crippen LogP contribution in [-0.4, -0.2) is 71.7 Å². The molecule has 3 saturated heterocycles. The lowest BCUT2D eigenvalue weighted by Crippen LogP contribution is -2.55. The number of fused-ring (bicyclic) bond motifs is 1. The van der Waals surface area contributed by atoms with E-state index in [0.29, 0.717) is 17.2 Å². The van der Waals surface area contributed by atoms with Crippen LogP contribution in [0.2, 0.25) is 0 Å². The molecule has 8 heteroatoms. The maximum atomic E-state index is 13.0. The number of piperidine rings is 2. The molecule has 1 unspecified atom stereocenters. The van der Waals surface area contributed by atoms with Gasteiger partial charge in [0, 0.05) is 44.3 Å². The minimum atomic E-state index is -0.923. The Balaban J connectivity index is 1.28. The number of imide groups is 2. The molecule has 0 spiro atoms. The number of nitrogens with zero attached hydrogens (tertiary/aromatic N) is 3. The smallest absolute Gasteiger partial charge is 0.262 e. The first-order chi connectivity index (χ1) is 15.0. The van der Waals surface area contributed by atoms with Crippen LogP contribution in [0.5, 0.6) is 0 Å². The van der Waals surface area contributed by atoms with Gasteiger partial charge in [0.2, 0.25) is 11.8 Å². The number of benzene rings is 1. The van der Waals surface area contributed by atoms with Gasteiger partial charge in [0.1, 0.15) is 6.04 Å². The van der Waals surface area contributed by atoms with E-state index >= 15 is 0 Å². The molecule has 1 aromatic carbocycles. The first kappa shape index (κ1) is 20.2. The molecule has 4 amide bonds. The summed E-state index contributed by atoms with van der Waals surface area (Å²) in [6, 6.07) is 5.10. The van der Waals surface area contributed by atoms with Crippen LogP contribution in [0.3, 0.4) is 0 Å². The van der Waals surface area contributed by atoms with Gasteiger partial charge in [-0.15, -0.1) is 0 Å². The topological polar surface area (TPSA) is 90.0 Å². The van der Waals surface area contributed by atoms with Crippen molar-refractivity contribution in [3.63, 3.8) is 0 Å². The van der Waals surface area contributed by atoms with E-state index in [1.165, 1.54) is 19.5 Å². The fraction of sp³-hybridized carbons (Fsp3) is 0.565. The Morgan fingerprint density at radius 2 is 1.68 bits per heavy atom. The van der Waals surface area contributed by atoms with Gasteiger partial charge in [-0.25, -0.2) is 0 Å². The third kappa shape index (κ3) is 3.43. The summed E-state index contributed by atoms with van der Waals surface area (Å²) in [4.78, 5) is 55.4. The normalized spacial score (nSPS) is 25.6. The maximum absolute atomic E-state index is 13.0. The molecule has 8 nitrogen and oxygen atoms in total. The number of amides is 4. The molecule has 164 valence electrons. The average molecular weight is 425 g/mol. The van der Waals surface area contributed by atoms with E-state index in [1.807, 2.05) is 6.07 Å². The molecule has 3 fully saturated rings. The van der Waals surface area contributed by atoms with E-state index in [2.05, 4.69) is 22.0 Å². The predicted octanol–water partition coefficient (Wildman–Crippen LogP) is 1.40. The molecule has 1 N–H and O–H groups in total. The Hall–Kier alpha value is -2.74. The highest BCUT2D eigenvalue weighted by Gasteiger charge is 2.45. The highest BCUT2D eigenvalue weighted by atomic mass is 16.2. The molecule has 0 bridgehead atoms. The highest BCUT2D eigenvalue weighted by molar-refractivity contribution is 6.23. The van der Waals surface area contributed by atoms with Crippen LogP contribution >= 0.6 is 0 Å². The van der Waals surface area contributed by atoms with Crippen molar-refractivity contribution in [3.05, 3.63) is 29.3 Å². The SMILES string of the molecule is CCC1CN(C2CCN(c3ccc4c(c3)C(=O)N(C3CCC(=O)NC3=O)C4=O)CC2)C1. The second-order valence-electron chi connectivity index (χ2n) is 9.12. The van der Waals surface area contributed by atoms with Crippen LogP contribution < -0.4 is 10.2 Å². The second-order valence-corrected chi connectivity index (χ2v) is 9.12. The quantitative estimate of drug-likeness (QED) is 0.735. The molecule has 5 rings (SSSR count). The molecule has 1 atom stereocenters. The van der Waals surface area contributed by atoms with Crippen molar-refractivity contribution >= 4 is 29.3 Å². The van der Waals surface area contributed by atoms with Gasteiger partial charge >= 0.3 is 0 Å². The fourth-order valence-corrected chi connectivity index (χ4v) is 5.31. The molecular formula is C23H28N4O4. The van der Waals surface area contributed by atoms with Gasteiger partial charge < -0.3 is 4.90 Å². The number of rotatable bonds is 4. The Kier molecular flexibility index (Phi) is 5.04. The first-order valence-electron chi connectivity index (χ1n) is 11.3. The van der Waals surface area contributed by atoms with Crippen molar-refractivity contribution in [2.45, 2.75) is 51.1 Å². The van der Waals surface area contributed by atoms with E-state index in [0.717, 1.165) is 42.4 Å². The Morgan fingerprint density at radius 1 is 0.968 bits per heavy atom. The van der Waals surface area contributed by atoms with Gasteiger partial charge in [-0.2, -0.15) is 0 Å². The van der Waals surface area contributed by atoms with Crippen LogP contribution in [0.25, 0.3) is 0 Å². The monoisotopic (exact) mass is 424 g/mol. The first-order valence-corrected chi connectivity index (χ1v) is 11.3. The fourth-order valence-electron chi connectivity index (χ4n) is 5.31. The van der Waals surface area contributed by atoms with Gasteiger partial charge in [0.05, 0.1) is 11.1 Å². The Bertz CT molecular complexity index is 947. The molecular weight excluding hydrogens is 396 g/mol. The van der Waals surface area contributed by atoms with Gasteiger partial charge in [0.15, 0.2) is 0 Å². The molecule has 0 aromatic heterocycles. The summed E-state index contributed by atoms with van der Waals surface area (Å²) in [6.07, 6.45) is 3.75. The number of hydrogen-bond acceptors (Lipinski definition) is 6. The molecule has 4 aliphatic rings. The third-order valence-electron chi connectivity index (χ3n) is 7.33. The predicted molar refractivity (Wildman–Crippen MR) is 114 cm³/mol. The molecule has 4 heterocycles. The third-order valence-corrected chi connectivity index (χ3v) is 7.33. The van der Waals surface area contributed by atoms with Crippen LogP contribution in [0.1, 0.15) is 59.7 Å². The molecule has 0 saturated carbocycles. The molecule has 31 heavy (non-hydrogen) atoms. The summed E-state index contributed by atoms with van der Waals surface area (Å²) in [5, 5.41) is 2.23. The van der Waals surface area contributed by atoms with Crippen molar-refractivity contribution in [2.24, 2.45) is 5.92 Å². The standard InChI is InChI=1S/C23H28N4O4/c1-2-14-12-26(13-14)15-7-9-25(10-8-15)16-3-4-17-18(11-16)23(31)27(22(17)30)19-5-6-20(28)24-21(19)29/h3-4,11,14-15,19H,2,5-10,12-13H2,1H3,(H,24,28,29). The molecule has 1 aromatic rings. The highest BCUT2D eigenvalue weighted by Crippen LogP contribution is 2.33. The lowest BCUT2D eigenvalue weighted by Gasteiger charge is -2.47. The van der Waals surface area contributed by atoms with Crippen molar-refractivity contribution in [2.75, 3.05) is 31.1 Å². The summed E-state index contributed by atoms with van der Waals surface area (Å²) >= 11 is 0. The summed E-state index contributed by atoms with van der Waals surface area (Å²) in [5.41, 5.74) is 1.63. The summed E-state index contributed by atoms with van der Waals surface area (Å²) in [7, 11) is 0. The minimum absolute atomic E-state index is 0.125. The number of nitrogens with one attached hydrogen (secondary N) is 1. The van der Waals surface area contributed by atoms with Crippen LogP contribution in [-0.2, 0) is 9.59 Å². The number of hydrogen-bond donors (Lipinski definition) is 1. The summed E-state index contributed by atoms with van der Waals surface area (Å²) in [6.45, 7) is 6.54. The molecule has 4 aliphatic heterocycles. The van der Waals surface area contributed by atoms with E-state index in [1.54, 1.807) is 12.1 Å². The minimum Gasteiger partial charge on any atom is -0.371 e. The zero-order valence-corrected chi connectivity index (χ0v) is 17.8. The van der Waals surface area contributed by atoms with Gasteiger partial charge in [-0.1, -0.05) is 13.3 Å². The van der Waals surface area contributed by atoms with Crippen LogP contribution in [0, 0.1) is 5.92 Å².